The first-order valence-electron chi connectivity index (χ1n) is 8.40. The standard InChI is InChI=1S/C19H21N5O/c1-19(2,25)18-8-14(5-6-21-18)17-12-24(23-22-17)11-13-3-4-15-9-20-10-16(15)7-13/h3-8,12,20,25H,9-11H2,1-2H3. The fourth-order valence-electron chi connectivity index (χ4n) is 3.07. The summed E-state index contributed by atoms with van der Waals surface area (Å²) in [4.78, 5) is 4.23. The Kier molecular flexibility index (Phi) is 3.86. The molecule has 0 fully saturated rings. The van der Waals surface area contributed by atoms with E-state index in [2.05, 4.69) is 38.8 Å². The van der Waals surface area contributed by atoms with Crippen molar-refractivity contribution in [1.29, 1.82) is 0 Å². The molecule has 6 nitrogen and oxygen atoms in total. The minimum atomic E-state index is -0.982. The van der Waals surface area contributed by atoms with Crippen molar-refractivity contribution in [3.8, 4) is 11.3 Å². The molecule has 1 aliphatic rings. The van der Waals surface area contributed by atoms with Gasteiger partial charge in [-0.1, -0.05) is 23.4 Å². The number of nitrogens with zero attached hydrogens (tertiary/aromatic N) is 4. The highest BCUT2D eigenvalue weighted by Gasteiger charge is 2.18. The average Bonchev–Trinajstić information content (AvgIpc) is 3.23. The molecule has 0 saturated heterocycles. The summed E-state index contributed by atoms with van der Waals surface area (Å²) in [6, 6.07) is 10.3. The number of aliphatic hydroxyl groups is 1. The number of rotatable bonds is 4. The van der Waals surface area contributed by atoms with Crippen LogP contribution in [-0.4, -0.2) is 25.1 Å². The third-order valence-electron chi connectivity index (χ3n) is 4.47. The number of hydrogen-bond acceptors (Lipinski definition) is 5. The summed E-state index contributed by atoms with van der Waals surface area (Å²) in [6.45, 7) is 6.01. The SMILES string of the molecule is CC(C)(O)c1cc(-c2cn(Cc3ccc4c(c3)CNC4)nn2)ccn1. The van der Waals surface area contributed by atoms with Crippen LogP contribution in [0.3, 0.4) is 0 Å². The Balaban J connectivity index is 1.56. The highest BCUT2D eigenvalue weighted by molar-refractivity contribution is 5.57. The van der Waals surface area contributed by atoms with Crippen LogP contribution >= 0.6 is 0 Å². The zero-order valence-corrected chi connectivity index (χ0v) is 14.4. The lowest BCUT2D eigenvalue weighted by atomic mass is 10.0. The van der Waals surface area contributed by atoms with Gasteiger partial charge in [-0.3, -0.25) is 4.98 Å². The fraction of sp³-hybridized carbons (Fsp3) is 0.316. The molecule has 0 amide bonds. The van der Waals surface area contributed by atoms with Crippen LogP contribution in [-0.2, 0) is 25.2 Å². The van der Waals surface area contributed by atoms with E-state index < -0.39 is 5.60 Å². The van der Waals surface area contributed by atoms with E-state index in [0.29, 0.717) is 12.2 Å². The smallest absolute Gasteiger partial charge is 0.113 e. The minimum Gasteiger partial charge on any atom is -0.384 e. The molecular formula is C19H21N5O. The van der Waals surface area contributed by atoms with Gasteiger partial charge < -0.3 is 10.4 Å². The second kappa shape index (κ2) is 6.06. The zero-order chi connectivity index (χ0) is 17.4. The Labute approximate surface area is 146 Å². The number of aromatic nitrogens is 4. The lowest BCUT2D eigenvalue weighted by molar-refractivity contribution is 0.0739. The fourth-order valence-corrected chi connectivity index (χ4v) is 3.07. The van der Waals surface area contributed by atoms with Crippen LogP contribution in [0, 0.1) is 0 Å². The molecule has 4 rings (SSSR count). The summed E-state index contributed by atoms with van der Waals surface area (Å²) >= 11 is 0. The molecule has 0 saturated carbocycles. The summed E-state index contributed by atoms with van der Waals surface area (Å²) in [6.07, 6.45) is 3.62. The van der Waals surface area contributed by atoms with Crippen LogP contribution in [0.2, 0.25) is 0 Å². The maximum atomic E-state index is 10.1. The maximum absolute atomic E-state index is 10.1. The molecule has 0 radical (unpaired) electrons. The molecule has 0 bridgehead atoms. The average molecular weight is 335 g/mol. The van der Waals surface area contributed by atoms with Gasteiger partial charge in [0.25, 0.3) is 0 Å². The number of fused-ring (bicyclic) bond motifs is 1. The van der Waals surface area contributed by atoms with Gasteiger partial charge in [-0.05, 0) is 42.7 Å². The minimum absolute atomic E-state index is 0.616. The molecule has 6 heteroatoms. The van der Waals surface area contributed by atoms with Crippen molar-refractivity contribution in [3.63, 3.8) is 0 Å². The van der Waals surface area contributed by atoms with E-state index in [1.54, 1.807) is 20.0 Å². The van der Waals surface area contributed by atoms with Crippen molar-refractivity contribution in [2.24, 2.45) is 0 Å². The monoisotopic (exact) mass is 335 g/mol. The highest BCUT2D eigenvalue weighted by atomic mass is 16.3. The highest BCUT2D eigenvalue weighted by Crippen LogP contribution is 2.23. The number of hydrogen-bond donors (Lipinski definition) is 2. The summed E-state index contributed by atoms with van der Waals surface area (Å²) < 4.78 is 1.84. The molecule has 1 aliphatic heterocycles. The number of nitrogens with one attached hydrogen (secondary N) is 1. The van der Waals surface area contributed by atoms with Crippen molar-refractivity contribution >= 4 is 0 Å². The number of pyridine rings is 1. The van der Waals surface area contributed by atoms with Crippen LogP contribution < -0.4 is 5.32 Å². The van der Waals surface area contributed by atoms with Gasteiger partial charge in [-0.15, -0.1) is 5.10 Å². The molecule has 3 heterocycles. The molecule has 0 atom stereocenters. The molecule has 0 unspecified atom stereocenters. The molecule has 0 aliphatic carbocycles. The molecular weight excluding hydrogens is 314 g/mol. The first kappa shape index (κ1) is 15.9. The van der Waals surface area contributed by atoms with E-state index in [-0.39, 0.29) is 0 Å². The van der Waals surface area contributed by atoms with Gasteiger partial charge in [-0.25, -0.2) is 4.68 Å². The van der Waals surface area contributed by atoms with Crippen molar-refractivity contribution in [2.45, 2.75) is 39.1 Å². The molecule has 1 aromatic carbocycles. The van der Waals surface area contributed by atoms with E-state index >= 15 is 0 Å². The van der Waals surface area contributed by atoms with Crippen LogP contribution in [0.5, 0.6) is 0 Å². The maximum Gasteiger partial charge on any atom is 0.113 e. The number of benzene rings is 1. The van der Waals surface area contributed by atoms with Crippen LogP contribution in [0.4, 0.5) is 0 Å². The summed E-state index contributed by atoms with van der Waals surface area (Å²) in [7, 11) is 0. The molecule has 25 heavy (non-hydrogen) atoms. The molecule has 2 aromatic heterocycles. The quantitative estimate of drug-likeness (QED) is 0.764. The summed E-state index contributed by atoms with van der Waals surface area (Å²) in [5.74, 6) is 0. The van der Waals surface area contributed by atoms with Crippen molar-refractivity contribution < 1.29 is 5.11 Å². The Bertz CT molecular complexity index is 910. The van der Waals surface area contributed by atoms with E-state index in [1.165, 1.54) is 16.7 Å². The lowest BCUT2D eigenvalue weighted by Crippen LogP contribution is -2.17. The van der Waals surface area contributed by atoms with E-state index in [1.807, 2.05) is 23.0 Å². The largest absolute Gasteiger partial charge is 0.384 e. The van der Waals surface area contributed by atoms with Gasteiger partial charge in [0.05, 0.1) is 18.4 Å². The zero-order valence-electron chi connectivity index (χ0n) is 14.4. The first-order valence-corrected chi connectivity index (χ1v) is 8.40. The summed E-state index contributed by atoms with van der Waals surface area (Å²) in [5, 5.41) is 22.0. The third-order valence-corrected chi connectivity index (χ3v) is 4.47. The normalized spacial score (nSPS) is 13.9. The predicted octanol–water partition coefficient (Wildman–Crippen LogP) is 2.22. The Hall–Kier alpha value is -2.57. The van der Waals surface area contributed by atoms with Gasteiger partial charge >= 0.3 is 0 Å². The third kappa shape index (κ3) is 3.31. The molecule has 128 valence electrons. The molecule has 0 spiro atoms. The molecule has 2 N–H and O–H groups in total. The predicted molar refractivity (Wildman–Crippen MR) is 94.6 cm³/mol. The van der Waals surface area contributed by atoms with Crippen molar-refractivity contribution in [3.05, 3.63) is 65.1 Å². The van der Waals surface area contributed by atoms with Gasteiger partial charge in [0.15, 0.2) is 0 Å². The second-order valence-electron chi connectivity index (χ2n) is 7.00. The Morgan fingerprint density at radius 1 is 1.16 bits per heavy atom. The van der Waals surface area contributed by atoms with Crippen LogP contribution in [0.1, 0.15) is 36.2 Å². The Morgan fingerprint density at radius 3 is 2.84 bits per heavy atom. The lowest BCUT2D eigenvalue weighted by Gasteiger charge is -2.16. The van der Waals surface area contributed by atoms with E-state index in [0.717, 1.165) is 24.3 Å². The van der Waals surface area contributed by atoms with Crippen LogP contribution in [0.15, 0.2) is 42.7 Å². The van der Waals surface area contributed by atoms with E-state index in [4.69, 9.17) is 0 Å². The molecule has 3 aromatic rings. The topological polar surface area (TPSA) is 75.9 Å². The van der Waals surface area contributed by atoms with Crippen molar-refractivity contribution in [1.82, 2.24) is 25.3 Å². The van der Waals surface area contributed by atoms with Crippen molar-refractivity contribution in [2.75, 3.05) is 0 Å². The van der Waals surface area contributed by atoms with Crippen LogP contribution in [0.25, 0.3) is 11.3 Å². The van der Waals surface area contributed by atoms with Gasteiger partial charge in [0, 0.05) is 24.8 Å². The van der Waals surface area contributed by atoms with E-state index in [9.17, 15) is 5.11 Å². The van der Waals surface area contributed by atoms with Gasteiger partial charge in [0.1, 0.15) is 11.3 Å². The second-order valence-corrected chi connectivity index (χ2v) is 7.00. The Morgan fingerprint density at radius 2 is 2.00 bits per heavy atom. The van der Waals surface area contributed by atoms with Gasteiger partial charge in [0.2, 0.25) is 0 Å². The first-order chi connectivity index (χ1) is 12.0. The van der Waals surface area contributed by atoms with Gasteiger partial charge in [-0.2, -0.15) is 0 Å². The summed E-state index contributed by atoms with van der Waals surface area (Å²) in [5.41, 5.74) is 5.26.